The minimum atomic E-state index is -3.09. The maximum absolute atomic E-state index is 12.0. The lowest BCUT2D eigenvalue weighted by Gasteiger charge is -2.32. The van der Waals surface area contributed by atoms with Crippen LogP contribution in [0.25, 0.3) is 0 Å². The van der Waals surface area contributed by atoms with Gasteiger partial charge in [-0.25, -0.2) is 17.7 Å². The lowest BCUT2D eigenvalue weighted by atomic mass is 10.1. The van der Waals surface area contributed by atoms with Crippen LogP contribution in [0.5, 0.6) is 0 Å². The maximum atomic E-state index is 12.0. The van der Waals surface area contributed by atoms with Gasteiger partial charge >= 0.3 is 0 Å². The molecule has 0 amide bonds. The van der Waals surface area contributed by atoms with Crippen LogP contribution in [-0.2, 0) is 16.6 Å². The van der Waals surface area contributed by atoms with E-state index in [4.69, 9.17) is 4.99 Å². The number of halogens is 1. The zero-order valence-electron chi connectivity index (χ0n) is 17.9. The van der Waals surface area contributed by atoms with Crippen LogP contribution < -0.4 is 15.5 Å². The number of benzene rings is 1. The van der Waals surface area contributed by atoms with Gasteiger partial charge in [-0.2, -0.15) is 0 Å². The molecule has 0 aliphatic carbocycles. The molecule has 1 aromatic rings. The number of rotatable bonds is 7. The van der Waals surface area contributed by atoms with Gasteiger partial charge in [0.1, 0.15) is 0 Å². The molecule has 30 heavy (non-hydrogen) atoms. The van der Waals surface area contributed by atoms with Gasteiger partial charge in [-0.15, -0.1) is 24.0 Å². The first-order valence-electron chi connectivity index (χ1n) is 10.5. The number of aliphatic imine (C=N–C) groups is 1. The third-order valence-electron chi connectivity index (χ3n) is 5.44. The first-order chi connectivity index (χ1) is 14.0. The van der Waals surface area contributed by atoms with Crippen molar-refractivity contribution in [1.82, 2.24) is 14.9 Å². The first kappa shape index (κ1) is 24.9. The Balaban J connectivity index is 0.00000320. The Morgan fingerprint density at radius 3 is 2.30 bits per heavy atom. The van der Waals surface area contributed by atoms with Crippen LogP contribution in [0, 0.1) is 0 Å². The van der Waals surface area contributed by atoms with Crippen LogP contribution >= 0.6 is 24.0 Å². The minimum absolute atomic E-state index is 0. The second kappa shape index (κ2) is 11.9. The molecule has 1 aromatic carbocycles. The molecule has 2 N–H and O–H groups in total. The summed E-state index contributed by atoms with van der Waals surface area (Å²) in [6, 6.07) is 8.81. The van der Waals surface area contributed by atoms with Crippen LogP contribution in [0.15, 0.2) is 41.4 Å². The summed E-state index contributed by atoms with van der Waals surface area (Å²) in [5.74, 6) is 0.958. The SMILES string of the molecule is CCNC(=NCc1ccc(N2CC=CC2)cc1)NC1CCN(S(=O)(=O)CC)CC1.I. The van der Waals surface area contributed by atoms with E-state index in [0.29, 0.717) is 19.6 Å². The zero-order valence-corrected chi connectivity index (χ0v) is 21.0. The third kappa shape index (κ3) is 6.84. The molecular formula is C21H34IN5O2S. The number of nitrogens with zero attached hydrogens (tertiary/aromatic N) is 3. The van der Waals surface area contributed by atoms with Gasteiger partial charge in [-0.1, -0.05) is 24.3 Å². The lowest BCUT2D eigenvalue weighted by Crippen LogP contribution is -2.50. The summed E-state index contributed by atoms with van der Waals surface area (Å²) < 4.78 is 25.6. The van der Waals surface area contributed by atoms with Crippen molar-refractivity contribution in [3.05, 3.63) is 42.0 Å². The maximum Gasteiger partial charge on any atom is 0.213 e. The van der Waals surface area contributed by atoms with Gasteiger partial charge < -0.3 is 15.5 Å². The average molecular weight is 548 g/mol. The zero-order chi connectivity index (χ0) is 20.7. The summed E-state index contributed by atoms with van der Waals surface area (Å²) in [7, 11) is -3.09. The molecule has 168 valence electrons. The molecule has 2 aliphatic heterocycles. The lowest BCUT2D eigenvalue weighted by molar-refractivity contribution is 0.306. The summed E-state index contributed by atoms with van der Waals surface area (Å²) in [6.45, 7) is 8.23. The molecule has 1 saturated heterocycles. The summed E-state index contributed by atoms with van der Waals surface area (Å²) >= 11 is 0. The van der Waals surface area contributed by atoms with E-state index in [1.165, 1.54) is 11.3 Å². The molecule has 2 heterocycles. The van der Waals surface area contributed by atoms with Gasteiger partial charge in [0.05, 0.1) is 12.3 Å². The molecule has 0 atom stereocenters. The standard InChI is InChI=1S/C21H33N5O2S.HI/c1-3-22-21(24-19-11-15-26(16-12-19)29(27,28)4-2)23-17-18-7-9-20(10-8-18)25-13-5-6-14-25;/h5-10,19H,3-4,11-17H2,1-2H3,(H2,22,23,24);1H. The average Bonchev–Trinajstić information content (AvgIpc) is 3.28. The predicted octanol–water partition coefficient (Wildman–Crippen LogP) is 2.55. The van der Waals surface area contributed by atoms with E-state index in [1.54, 1.807) is 11.2 Å². The molecule has 3 rings (SSSR count). The van der Waals surface area contributed by atoms with Crippen LogP contribution in [0.3, 0.4) is 0 Å². The van der Waals surface area contributed by atoms with Crippen LogP contribution in [0.4, 0.5) is 5.69 Å². The fourth-order valence-corrected chi connectivity index (χ4v) is 4.78. The van der Waals surface area contributed by atoms with Gasteiger partial charge in [0.25, 0.3) is 0 Å². The quantitative estimate of drug-likeness (QED) is 0.238. The minimum Gasteiger partial charge on any atom is -0.364 e. The Morgan fingerprint density at radius 2 is 1.73 bits per heavy atom. The molecule has 0 spiro atoms. The molecule has 0 unspecified atom stereocenters. The molecule has 0 saturated carbocycles. The van der Waals surface area contributed by atoms with Crippen molar-refractivity contribution in [2.45, 2.75) is 39.3 Å². The van der Waals surface area contributed by atoms with E-state index in [2.05, 4.69) is 52.0 Å². The van der Waals surface area contributed by atoms with Crippen molar-refractivity contribution in [2.75, 3.05) is 43.4 Å². The van der Waals surface area contributed by atoms with Gasteiger partial charge in [0.2, 0.25) is 10.0 Å². The smallest absolute Gasteiger partial charge is 0.213 e. The molecule has 9 heteroatoms. The molecule has 0 radical (unpaired) electrons. The number of hydrogen-bond donors (Lipinski definition) is 2. The molecule has 0 aromatic heterocycles. The van der Waals surface area contributed by atoms with E-state index in [0.717, 1.165) is 38.4 Å². The first-order valence-corrected chi connectivity index (χ1v) is 12.1. The monoisotopic (exact) mass is 547 g/mol. The Labute approximate surface area is 198 Å². The number of hydrogen-bond acceptors (Lipinski definition) is 4. The van der Waals surface area contributed by atoms with E-state index in [-0.39, 0.29) is 35.8 Å². The van der Waals surface area contributed by atoms with Gasteiger partial charge in [0.15, 0.2) is 5.96 Å². The van der Waals surface area contributed by atoms with Gasteiger partial charge in [-0.3, -0.25) is 0 Å². The Hall–Kier alpha value is -1.33. The normalized spacial score (nSPS) is 18.3. The number of nitrogens with one attached hydrogen (secondary N) is 2. The van der Waals surface area contributed by atoms with Crippen molar-refractivity contribution in [1.29, 1.82) is 0 Å². The molecule has 0 bridgehead atoms. The highest BCUT2D eigenvalue weighted by molar-refractivity contribution is 14.0. The largest absolute Gasteiger partial charge is 0.364 e. The van der Waals surface area contributed by atoms with E-state index in [9.17, 15) is 8.42 Å². The van der Waals surface area contributed by atoms with Crippen molar-refractivity contribution >= 4 is 45.6 Å². The molecule has 1 fully saturated rings. The van der Waals surface area contributed by atoms with Crippen molar-refractivity contribution in [3.8, 4) is 0 Å². The van der Waals surface area contributed by atoms with E-state index >= 15 is 0 Å². The summed E-state index contributed by atoms with van der Waals surface area (Å²) in [6.07, 6.45) is 5.97. The second-order valence-corrected chi connectivity index (χ2v) is 9.71. The van der Waals surface area contributed by atoms with Crippen molar-refractivity contribution in [3.63, 3.8) is 0 Å². The fraction of sp³-hybridized carbons (Fsp3) is 0.571. The second-order valence-electron chi connectivity index (χ2n) is 7.46. The Kier molecular flexibility index (Phi) is 9.89. The summed E-state index contributed by atoms with van der Waals surface area (Å²) in [4.78, 5) is 7.05. The van der Waals surface area contributed by atoms with E-state index < -0.39 is 10.0 Å². The third-order valence-corrected chi connectivity index (χ3v) is 7.32. The van der Waals surface area contributed by atoms with Crippen LogP contribution in [0.1, 0.15) is 32.3 Å². The van der Waals surface area contributed by atoms with Gasteiger partial charge in [-0.05, 0) is 44.4 Å². The number of piperidine rings is 1. The Morgan fingerprint density at radius 1 is 1.10 bits per heavy atom. The highest BCUT2D eigenvalue weighted by Crippen LogP contribution is 2.18. The summed E-state index contributed by atoms with van der Waals surface area (Å²) in [5.41, 5.74) is 2.41. The number of sulfonamides is 1. The number of guanidine groups is 1. The number of anilines is 1. The van der Waals surface area contributed by atoms with Crippen LogP contribution in [0.2, 0.25) is 0 Å². The highest BCUT2D eigenvalue weighted by atomic mass is 127. The fourth-order valence-electron chi connectivity index (χ4n) is 3.65. The van der Waals surface area contributed by atoms with E-state index in [1.807, 2.05) is 6.92 Å². The predicted molar refractivity (Wildman–Crippen MR) is 135 cm³/mol. The molecule has 7 nitrogen and oxygen atoms in total. The van der Waals surface area contributed by atoms with Crippen molar-refractivity contribution in [2.24, 2.45) is 4.99 Å². The van der Waals surface area contributed by atoms with Crippen molar-refractivity contribution < 1.29 is 8.42 Å². The molecular weight excluding hydrogens is 513 g/mol. The topological polar surface area (TPSA) is 77.0 Å². The Bertz CT molecular complexity index is 810. The van der Waals surface area contributed by atoms with Gasteiger partial charge in [0, 0.05) is 44.5 Å². The van der Waals surface area contributed by atoms with Crippen LogP contribution in [-0.4, -0.2) is 63.2 Å². The molecule has 2 aliphatic rings. The summed E-state index contributed by atoms with van der Waals surface area (Å²) in [5, 5.41) is 6.77. The highest BCUT2D eigenvalue weighted by Gasteiger charge is 2.26.